The first-order valence-electron chi connectivity index (χ1n) is 6.77. The molecule has 1 rings (SSSR count). The van der Waals surface area contributed by atoms with Gasteiger partial charge in [-0.05, 0) is 31.5 Å². The van der Waals surface area contributed by atoms with Gasteiger partial charge in [0, 0.05) is 23.5 Å². The van der Waals surface area contributed by atoms with Gasteiger partial charge in [0.2, 0.25) is 11.8 Å². The van der Waals surface area contributed by atoms with E-state index in [0.717, 1.165) is 10.0 Å². The van der Waals surface area contributed by atoms with Crippen LogP contribution in [-0.2, 0) is 9.59 Å². The van der Waals surface area contributed by atoms with E-state index in [0.29, 0.717) is 6.54 Å². The fourth-order valence-electron chi connectivity index (χ4n) is 1.86. The lowest BCUT2D eigenvalue weighted by molar-refractivity contribution is -0.124. The number of nitrogens with two attached hydrogens (primary N) is 1. The number of nitrogens with one attached hydrogen (secondary N) is 2. The highest BCUT2D eigenvalue weighted by atomic mass is 79.9. The van der Waals surface area contributed by atoms with E-state index in [1.54, 1.807) is 0 Å². The highest BCUT2D eigenvalue weighted by Gasteiger charge is 2.22. The maximum Gasteiger partial charge on any atom is 0.222 e. The minimum Gasteiger partial charge on any atom is -0.350 e. The molecule has 1 unspecified atom stereocenters. The third-order valence-electron chi connectivity index (χ3n) is 3.03. The zero-order chi connectivity index (χ0) is 16.0. The van der Waals surface area contributed by atoms with Crippen molar-refractivity contribution in [2.45, 2.75) is 38.8 Å². The van der Waals surface area contributed by atoms with Gasteiger partial charge >= 0.3 is 0 Å². The van der Waals surface area contributed by atoms with E-state index in [9.17, 15) is 9.59 Å². The van der Waals surface area contributed by atoms with Crippen LogP contribution in [0.4, 0.5) is 0 Å². The molecule has 0 radical (unpaired) electrons. The van der Waals surface area contributed by atoms with E-state index in [-0.39, 0.29) is 36.7 Å². The van der Waals surface area contributed by atoms with Gasteiger partial charge in [0.1, 0.15) is 0 Å². The molecule has 0 bridgehead atoms. The first-order chi connectivity index (χ1) is 9.73. The molecule has 22 heavy (non-hydrogen) atoms. The SMILES string of the molecule is CC(=O)NC(CC(=O)NC(C)(C)CN)c1ccc(Br)cc1.Cl. The molecule has 0 saturated carbocycles. The predicted octanol–water partition coefficient (Wildman–Crippen LogP) is 2.29. The van der Waals surface area contributed by atoms with Crippen molar-refractivity contribution >= 4 is 40.2 Å². The molecular weight excluding hydrogens is 370 g/mol. The average molecular weight is 393 g/mol. The summed E-state index contributed by atoms with van der Waals surface area (Å²) in [6, 6.07) is 7.17. The summed E-state index contributed by atoms with van der Waals surface area (Å²) in [6.45, 7) is 5.51. The van der Waals surface area contributed by atoms with Crippen LogP contribution in [0.5, 0.6) is 0 Å². The highest BCUT2D eigenvalue weighted by Crippen LogP contribution is 2.20. The Labute approximate surface area is 145 Å². The van der Waals surface area contributed by atoms with Crippen molar-refractivity contribution in [3.8, 4) is 0 Å². The third-order valence-corrected chi connectivity index (χ3v) is 3.56. The van der Waals surface area contributed by atoms with Crippen LogP contribution >= 0.6 is 28.3 Å². The Morgan fingerprint density at radius 1 is 1.27 bits per heavy atom. The maximum absolute atomic E-state index is 12.1. The number of benzene rings is 1. The Kier molecular flexibility index (Phi) is 8.66. The van der Waals surface area contributed by atoms with E-state index >= 15 is 0 Å². The molecule has 2 amide bonds. The lowest BCUT2D eigenvalue weighted by atomic mass is 10.0. The van der Waals surface area contributed by atoms with Crippen molar-refractivity contribution in [1.82, 2.24) is 10.6 Å². The fourth-order valence-corrected chi connectivity index (χ4v) is 2.12. The first-order valence-corrected chi connectivity index (χ1v) is 7.56. The summed E-state index contributed by atoms with van der Waals surface area (Å²) in [6.07, 6.45) is 0.171. The fraction of sp³-hybridized carbons (Fsp3) is 0.467. The quantitative estimate of drug-likeness (QED) is 0.694. The van der Waals surface area contributed by atoms with Gasteiger partial charge in [-0.2, -0.15) is 0 Å². The molecule has 0 aromatic heterocycles. The summed E-state index contributed by atoms with van der Waals surface area (Å²) < 4.78 is 0.946. The molecule has 0 aliphatic rings. The van der Waals surface area contributed by atoms with Gasteiger partial charge in [-0.25, -0.2) is 0 Å². The lowest BCUT2D eigenvalue weighted by Crippen LogP contribution is -2.49. The molecule has 0 aliphatic heterocycles. The van der Waals surface area contributed by atoms with E-state index in [1.165, 1.54) is 6.92 Å². The van der Waals surface area contributed by atoms with Crippen molar-refractivity contribution in [3.05, 3.63) is 34.3 Å². The average Bonchev–Trinajstić information content (AvgIpc) is 2.37. The van der Waals surface area contributed by atoms with Crippen molar-refractivity contribution in [3.63, 3.8) is 0 Å². The molecule has 124 valence electrons. The molecule has 5 nitrogen and oxygen atoms in total. The topological polar surface area (TPSA) is 84.2 Å². The van der Waals surface area contributed by atoms with Crippen LogP contribution in [0.1, 0.15) is 38.8 Å². The molecule has 1 aromatic carbocycles. The zero-order valence-corrected chi connectivity index (χ0v) is 15.4. The predicted molar refractivity (Wildman–Crippen MR) is 93.8 cm³/mol. The van der Waals surface area contributed by atoms with Crippen LogP contribution < -0.4 is 16.4 Å². The Morgan fingerprint density at radius 2 is 1.82 bits per heavy atom. The number of carbonyl (C=O) groups excluding carboxylic acids is 2. The van der Waals surface area contributed by atoms with Gasteiger partial charge in [-0.3, -0.25) is 9.59 Å². The zero-order valence-electron chi connectivity index (χ0n) is 13.0. The minimum atomic E-state index is -0.461. The number of amides is 2. The largest absolute Gasteiger partial charge is 0.350 e. The standard InChI is InChI=1S/C15H22BrN3O2.ClH/c1-10(20)18-13(11-4-6-12(16)7-5-11)8-14(21)19-15(2,3)9-17;/h4-7,13H,8-9,17H2,1-3H3,(H,18,20)(H,19,21);1H. The highest BCUT2D eigenvalue weighted by molar-refractivity contribution is 9.10. The molecule has 1 atom stereocenters. The number of halogens is 2. The molecule has 0 saturated heterocycles. The third kappa shape index (κ3) is 7.24. The molecular formula is C15H23BrClN3O2. The lowest BCUT2D eigenvalue weighted by Gasteiger charge is -2.26. The Bertz CT molecular complexity index is 506. The van der Waals surface area contributed by atoms with Gasteiger partial charge in [0.15, 0.2) is 0 Å². The summed E-state index contributed by atoms with van der Waals surface area (Å²) in [5.74, 6) is -0.319. The van der Waals surface area contributed by atoms with E-state index in [2.05, 4.69) is 26.6 Å². The summed E-state index contributed by atoms with van der Waals surface area (Å²) >= 11 is 3.36. The van der Waals surface area contributed by atoms with Crippen LogP contribution in [0.2, 0.25) is 0 Å². The van der Waals surface area contributed by atoms with Gasteiger partial charge in [0.25, 0.3) is 0 Å². The van der Waals surface area contributed by atoms with Crippen molar-refractivity contribution in [2.24, 2.45) is 5.73 Å². The summed E-state index contributed by atoms with van der Waals surface area (Å²) in [5, 5.41) is 5.67. The molecule has 0 heterocycles. The molecule has 0 aliphatic carbocycles. The van der Waals surface area contributed by atoms with E-state index in [1.807, 2.05) is 38.1 Å². The molecule has 4 N–H and O–H groups in total. The summed E-state index contributed by atoms with van der Waals surface area (Å²) in [7, 11) is 0. The Hall–Kier alpha value is -1.11. The van der Waals surface area contributed by atoms with Gasteiger partial charge in [0.05, 0.1) is 12.5 Å². The Morgan fingerprint density at radius 3 is 2.27 bits per heavy atom. The second kappa shape index (κ2) is 9.12. The van der Waals surface area contributed by atoms with Crippen LogP contribution in [0.3, 0.4) is 0 Å². The number of hydrogen-bond donors (Lipinski definition) is 3. The normalized spacial score (nSPS) is 12.0. The van der Waals surface area contributed by atoms with Crippen LogP contribution in [0.15, 0.2) is 28.7 Å². The van der Waals surface area contributed by atoms with Crippen LogP contribution in [-0.4, -0.2) is 23.9 Å². The molecule has 1 aromatic rings. The number of rotatable bonds is 6. The van der Waals surface area contributed by atoms with Crippen molar-refractivity contribution in [1.29, 1.82) is 0 Å². The van der Waals surface area contributed by atoms with Crippen molar-refractivity contribution < 1.29 is 9.59 Å². The van der Waals surface area contributed by atoms with Crippen LogP contribution in [0.25, 0.3) is 0 Å². The minimum absolute atomic E-state index is 0. The molecule has 7 heteroatoms. The van der Waals surface area contributed by atoms with Crippen LogP contribution in [0, 0.1) is 0 Å². The van der Waals surface area contributed by atoms with Gasteiger partial charge in [-0.15, -0.1) is 12.4 Å². The second-order valence-electron chi connectivity index (χ2n) is 5.64. The van der Waals surface area contributed by atoms with Gasteiger partial charge < -0.3 is 16.4 Å². The first kappa shape index (κ1) is 20.9. The van der Waals surface area contributed by atoms with Crippen molar-refractivity contribution in [2.75, 3.05) is 6.54 Å². The maximum atomic E-state index is 12.1. The second-order valence-corrected chi connectivity index (χ2v) is 6.56. The van der Waals surface area contributed by atoms with Gasteiger partial charge in [-0.1, -0.05) is 28.1 Å². The summed E-state index contributed by atoms with van der Waals surface area (Å²) in [5.41, 5.74) is 6.03. The number of carbonyl (C=O) groups is 2. The smallest absolute Gasteiger partial charge is 0.222 e. The number of hydrogen-bond acceptors (Lipinski definition) is 3. The molecule has 0 fully saturated rings. The summed E-state index contributed by atoms with van der Waals surface area (Å²) in [4.78, 5) is 23.5. The Balaban J connectivity index is 0.00000441. The monoisotopic (exact) mass is 391 g/mol. The van der Waals surface area contributed by atoms with E-state index < -0.39 is 5.54 Å². The molecule has 0 spiro atoms. The van der Waals surface area contributed by atoms with E-state index in [4.69, 9.17) is 5.73 Å².